The van der Waals surface area contributed by atoms with Crippen molar-refractivity contribution in [2.45, 2.75) is 24.3 Å². The van der Waals surface area contributed by atoms with Crippen molar-refractivity contribution in [1.82, 2.24) is 14.8 Å². The minimum Gasteiger partial charge on any atom is -0.323 e. The first-order valence-electron chi connectivity index (χ1n) is 7.74. The van der Waals surface area contributed by atoms with Gasteiger partial charge in [0.15, 0.2) is 5.16 Å². The quantitative estimate of drug-likeness (QED) is 0.706. The van der Waals surface area contributed by atoms with Crippen molar-refractivity contribution in [3.8, 4) is 5.69 Å². The summed E-state index contributed by atoms with van der Waals surface area (Å²) in [4.78, 5) is 12.3. The first kappa shape index (κ1) is 17.2. The van der Waals surface area contributed by atoms with E-state index in [-0.39, 0.29) is 11.6 Å². The van der Waals surface area contributed by atoms with Crippen molar-refractivity contribution >= 4 is 23.4 Å². The van der Waals surface area contributed by atoms with Gasteiger partial charge in [0, 0.05) is 0 Å². The number of hydrogen-bond donors (Lipinski definition) is 1. The van der Waals surface area contributed by atoms with Crippen LogP contribution >= 0.6 is 11.8 Å². The molecular weight excluding hydrogens is 339 g/mol. The average Bonchev–Trinajstić information content (AvgIpc) is 3.05. The zero-order valence-electron chi connectivity index (χ0n) is 13.8. The van der Waals surface area contributed by atoms with Crippen molar-refractivity contribution in [2.75, 3.05) is 5.32 Å². The Morgan fingerprint density at radius 3 is 2.68 bits per heavy atom. The third-order valence-corrected chi connectivity index (χ3v) is 4.73. The number of hydrogen-bond acceptors (Lipinski definition) is 4. The monoisotopic (exact) mass is 356 g/mol. The number of amides is 1. The van der Waals surface area contributed by atoms with Gasteiger partial charge in [-0.25, -0.2) is 4.39 Å². The summed E-state index contributed by atoms with van der Waals surface area (Å²) in [5, 5.41) is 10.8. The molecule has 1 atom stereocenters. The minimum atomic E-state index is -0.466. The lowest BCUT2D eigenvalue weighted by Gasteiger charge is -2.13. The third kappa shape index (κ3) is 3.88. The van der Waals surface area contributed by atoms with Crippen LogP contribution in [0.5, 0.6) is 0 Å². The summed E-state index contributed by atoms with van der Waals surface area (Å²) in [6.07, 6.45) is 1.62. The topological polar surface area (TPSA) is 59.8 Å². The second-order valence-corrected chi connectivity index (χ2v) is 6.81. The second kappa shape index (κ2) is 7.48. The Kier molecular flexibility index (Phi) is 5.14. The number of para-hydroxylation sites is 2. The number of halogens is 1. The van der Waals surface area contributed by atoms with E-state index < -0.39 is 11.1 Å². The molecule has 2 aromatic carbocycles. The summed E-state index contributed by atoms with van der Waals surface area (Å²) in [5.74, 6) is -0.759. The molecule has 0 aliphatic carbocycles. The van der Waals surface area contributed by atoms with Crippen LogP contribution in [0.3, 0.4) is 0 Å². The Hall–Kier alpha value is -2.67. The van der Waals surface area contributed by atoms with Gasteiger partial charge in [0.05, 0.1) is 16.6 Å². The van der Waals surface area contributed by atoms with Crippen LogP contribution < -0.4 is 5.32 Å². The number of aromatic nitrogens is 3. The van der Waals surface area contributed by atoms with Crippen LogP contribution in [0.25, 0.3) is 5.69 Å². The minimum absolute atomic E-state index is 0.167. The number of carbonyl (C=O) groups is 1. The number of rotatable bonds is 5. The lowest BCUT2D eigenvalue weighted by molar-refractivity contribution is -0.115. The van der Waals surface area contributed by atoms with E-state index >= 15 is 0 Å². The molecule has 0 aliphatic heterocycles. The van der Waals surface area contributed by atoms with Gasteiger partial charge in [0.2, 0.25) is 5.91 Å². The third-order valence-electron chi connectivity index (χ3n) is 3.67. The highest BCUT2D eigenvalue weighted by Gasteiger charge is 2.19. The zero-order valence-corrected chi connectivity index (χ0v) is 14.6. The Labute approximate surface area is 149 Å². The second-order valence-electron chi connectivity index (χ2n) is 5.50. The molecular formula is C18H17FN4OS. The normalized spacial score (nSPS) is 12.0. The van der Waals surface area contributed by atoms with E-state index in [1.165, 1.54) is 23.9 Å². The molecule has 0 saturated heterocycles. The van der Waals surface area contributed by atoms with Crippen LogP contribution in [0.2, 0.25) is 0 Å². The van der Waals surface area contributed by atoms with Crippen LogP contribution in [0.4, 0.5) is 10.1 Å². The molecule has 3 rings (SSSR count). The van der Waals surface area contributed by atoms with Crippen molar-refractivity contribution in [3.63, 3.8) is 0 Å². The Morgan fingerprint density at radius 1 is 1.20 bits per heavy atom. The fourth-order valence-electron chi connectivity index (χ4n) is 2.31. The van der Waals surface area contributed by atoms with E-state index in [2.05, 4.69) is 15.5 Å². The number of carbonyl (C=O) groups excluding carboxylic acids is 1. The first-order chi connectivity index (χ1) is 12.1. The van der Waals surface area contributed by atoms with Crippen LogP contribution in [0.1, 0.15) is 12.5 Å². The molecule has 0 aliphatic rings. The lowest BCUT2D eigenvalue weighted by Crippen LogP contribution is -2.23. The van der Waals surface area contributed by atoms with Crippen LogP contribution in [0.15, 0.2) is 60.0 Å². The zero-order chi connectivity index (χ0) is 17.8. The number of anilines is 1. The van der Waals surface area contributed by atoms with E-state index in [0.29, 0.717) is 5.16 Å². The number of benzene rings is 2. The van der Waals surface area contributed by atoms with Crippen molar-refractivity contribution in [1.29, 1.82) is 0 Å². The summed E-state index contributed by atoms with van der Waals surface area (Å²) >= 11 is 1.27. The molecule has 0 saturated carbocycles. The molecule has 3 aromatic rings. The Balaban J connectivity index is 1.75. The van der Waals surface area contributed by atoms with Gasteiger partial charge >= 0.3 is 0 Å². The van der Waals surface area contributed by atoms with Gasteiger partial charge in [-0.3, -0.25) is 9.36 Å². The predicted octanol–water partition coefficient (Wildman–Crippen LogP) is 3.83. The Morgan fingerprint density at radius 2 is 1.92 bits per heavy atom. The SMILES string of the molecule is Cc1ccccc1-n1cnnc1S[C@@H](C)C(=O)Nc1ccccc1F. The molecule has 0 unspecified atom stereocenters. The van der Waals surface area contributed by atoms with E-state index in [1.54, 1.807) is 25.4 Å². The molecule has 0 bridgehead atoms. The fourth-order valence-corrected chi connectivity index (χ4v) is 3.15. The molecule has 1 N–H and O–H groups in total. The van der Waals surface area contributed by atoms with E-state index in [0.717, 1.165) is 11.3 Å². The highest BCUT2D eigenvalue weighted by atomic mass is 32.2. The van der Waals surface area contributed by atoms with Gasteiger partial charge < -0.3 is 5.32 Å². The maximum absolute atomic E-state index is 13.7. The number of thioether (sulfide) groups is 1. The number of nitrogens with one attached hydrogen (secondary N) is 1. The molecule has 1 heterocycles. The fraction of sp³-hybridized carbons (Fsp3) is 0.167. The average molecular weight is 356 g/mol. The summed E-state index contributed by atoms with van der Waals surface area (Å²) in [6.45, 7) is 3.75. The summed E-state index contributed by atoms with van der Waals surface area (Å²) in [7, 11) is 0. The molecule has 25 heavy (non-hydrogen) atoms. The maximum Gasteiger partial charge on any atom is 0.237 e. The molecule has 0 radical (unpaired) electrons. The molecule has 0 fully saturated rings. The predicted molar refractivity (Wildman–Crippen MR) is 96.4 cm³/mol. The van der Waals surface area contributed by atoms with E-state index in [1.807, 2.05) is 35.8 Å². The molecule has 0 spiro atoms. The summed E-state index contributed by atoms with van der Waals surface area (Å²) < 4.78 is 15.5. The Bertz CT molecular complexity index is 896. The molecule has 5 nitrogen and oxygen atoms in total. The number of nitrogens with zero attached hydrogens (tertiary/aromatic N) is 3. The van der Waals surface area contributed by atoms with Crippen molar-refractivity contribution in [2.24, 2.45) is 0 Å². The van der Waals surface area contributed by atoms with Gasteiger partial charge in [0.25, 0.3) is 0 Å². The summed E-state index contributed by atoms with van der Waals surface area (Å²) in [5.41, 5.74) is 2.20. The summed E-state index contributed by atoms with van der Waals surface area (Å²) in [6, 6.07) is 13.9. The highest BCUT2D eigenvalue weighted by Crippen LogP contribution is 2.26. The van der Waals surface area contributed by atoms with Gasteiger partial charge in [-0.05, 0) is 37.6 Å². The van der Waals surface area contributed by atoms with Gasteiger partial charge in [-0.2, -0.15) is 0 Å². The van der Waals surface area contributed by atoms with Crippen molar-refractivity contribution < 1.29 is 9.18 Å². The molecule has 1 amide bonds. The van der Waals surface area contributed by atoms with Crippen LogP contribution in [0, 0.1) is 12.7 Å². The molecule has 7 heteroatoms. The largest absolute Gasteiger partial charge is 0.323 e. The maximum atomic E-state index is 13.7. The standard InChI is InChI=1S/C18H17FN4OS/c1-12-7-3-6-10-16(12)23-11-20-22-18(23)25-13(2)17(24)21-15-9-5-4-8-14(15)19/h3-11,13H,1-2H3,(H,21,24)/t13-/m0/s1. The van der Waals surface area contributed by atoms with Gasteiger partial charge in [-0.1, -0.05) is 42.1 Å². The molecule has 128 valence electrons. The smallest absolute Gasteiger partial charge is 0.237 e. The van der Waals surface area contributed by atoms with Gasteiger partial charge in [0.1, 0.15) is 12.1 Å². The lowest BCUT2D eigenvalue weighted by atomic mass is 10.2. The highest BCUT2D eigenvalue weighted by molar-refractivity contribution is 8.00. The van der Waals surface area contributed by atoms with Crippen LogP contribution in [-0.4, -0.2) is 25.9 Å². The first-order valence-corrected chi connectivity index (χ1v) is 8.62. The molecule has 1 aromatic heterocycles. The van der Waals surface area contributed by atoms with Crippen LogP contribution in [-0.2, 0) is 4.79 Å². The van der Waals surface area contributed by atoms with Crippen molar-refractivity contribution in [3.05, 3.63) is 66.2 Å². The van der Waals surface area contributed by atoms with E-state index in [9.17, 15) is 9.18 Å². The van der Waals surface area contributed by atoms with Gasteiger partial charge in [-0.15, -0.1) is 10.2 Å². The number of aryl methyl sites for hydroxylation is 1. The van der Waals surface area contributed by atoms with E-state index in [4.69, 9.17) is 0 Å².